The summed E-state index contributed by atoms with van der Waals surface area (Å²) in [5, 5.41) is 0. The van der Waals surface area contributed by atoms with Gasteiger partial charge in [0.25, 0.3) is 0 Å². The van der Waals surface area contributed by atoms with Crippen LogP contribution in [0.25, 0.3) is 0 Å². The number of halogens is 3. The minimum Gasteiger partial charge on any atom is -0.327 e. The molecule has 2 nitrogen and oxygen atoms in total. The lowest BCUT2D eigenvalue weighted by Crippen LogP contribution is -2.43. The second kappa shape index (κ2) is 5.51. The minimum atomic E-state index is -4.27. The van der Waals surface area contributed by atoms with Crippen LogP contribution in [0.15, 0.2) is 24.3 Å². The van der Waals surface area contributed by atoms with E-state index >= 15 is 0 Å². The van der Waals surface area contributed by atoms with Gasteiger partial charge in [0.2, 0.25) is 0 Å². The van der Waals surface area contributed by atoms with Gasteiger partial charge in [-0.1, -0.05) is 12.1 Å². The Bertz CT molecular complexity index is 414. The number of benzene rings is 1. The highest BCUT2D eigenvalue weighted by atomic mass is 19.4. The first-order chi connectivity index (χ1) is 8.88. The molecule has 19 heavy (non-hydrogen) atoms. The highest BCUT2D eigenvalue weighted by molar-refractivity contribution is 5.26. The van der Waals surface area contributed by atoms with E-state index in [1.165, 1.54) is 0 Å². The molecule has 1 heterocycles. The predicted molar refractivity (Wildman–Crippen MR) is 68.6 cm³/mol. The van der Waals surface area contributed by atoms with Crippen molar-refractivity contribution in [2.24, 2.45) is 5.73 Å². The van der Waals surface area contributed by atoms with Gasteiger partial charge in [-0.3, -0.25) is 4.90 Å². The molecular formula is C14H19F3N2. The van der Waals surface area contributed by atoms with Gasteiger partial charge < -0.3 is 5.73 Å². The van der Waals surface area contributed by atoms with Crippen molar-refractivity contribution in [3.63, 3.8) is 0 Å². The third-order valence-corrected chi connectivity index (χ3v) is 3.76. The van der Waals surface area contributed by atoms with Crippen molar-refractivity contribution >= 4 is 0 Å². The Kier molecular flexibility index (Phi) is 4.16. The molecule has 5 heteroatoms. The molecule has 1 fully saturated rings. The fourth-order valence-electron chi connectivity index (χ4n) is 2.55. The molecule has 1 aromatic carbocycles. The van der Waals surface area contributed by atoms with Gasteiger partial charge in [0.1, 0.15) is 0 Å². The molecule has 1 saturated heterocycles. The fourth-order valence-corrected chi connectivity index (χ4v) is 2.55. The average Bonchev–Trinajstić information content (AvgIpc) is 2.37. The topological polar surface area (TPSA) is 29.3 Å². The summed E-state index contributed by atoms with van der Waals surface area (Å²) in [6.07, 6.45) is -2.20. The lowest BCUT2D eigenvalue weighted by molar-refractivity contribution is -0.137. The van der Waals surface area contributed by atoms with Crippen molar-refractivity contribution in [3.8, 4) is 0 Å². The zero-order valence-corrected chi connectivity index (χ0v) is 11.0. The summed E-state index contributed by atoms with van der Waals surface area (Å²) in [7, 11) is 0. The lowest BCUT2D eigenvalue weighted by atomic mass is 10.00. The number of nitrogens with zero attached hydrogens (tertiary/aromatic N) is 1. The Morgan fingerprint density at radius 3 is 2.42 bits per heavy atom. The maximum atomic E-state index is 12.5. The molecule has 2 N–H and O–H groups in total. The Morgan fingerprint density at radius 1 is 1.26 bits per heavy atom. The van der Waals surface area contributed by atoms with Gasteiger partial charge in [-0.2, -0.15) is 13.2 Å². The molecule has 0 radical (unpaired) electrons. The summed E-state index contributed by atoms with van der Waals surface area (Å²) in [6, 6.07) is 5.70. The van der Waals surface area contributed by atoms with Crippen LogP contribution in [0.5, 0.6) is 0 Å². The van der Waals surface area contributed by atoms with Gasteiger partial charge in [0, 0.05) is 18.6 Å². The Labute approximate surface area is 111 Å². The summed E-state index contributed by atoms with van der Waals surface area (Å²) in [5.41, 5.74) is 6.24. The number of nitrogens with two attached hydrogens (primary N) is 1. The maximum absolute atomic E-state index is 12.5. The van der Waals surface area contributed by atoms with Crippen LogP contribution in [0.1, 0.15) is 36.9 Å². The van der Waals surface area contributed by atoms with Crippen LogP contribution < -0.4 is 5.73 Å². The van der Waals surface area contributed by atoms with Gasteiger partial charge in [0.05, 0.1) is 5.56 Å². The van der Waals surface area contributed by atoms with E-state index in [0.29, 0.717) is 0 Å². The van der Waals surface area contributed by atoms with Crippen LogP contribution in [-0.4, -0.2) is 24.0 Å². The standard InChI is InChI=1S/C14H19F3N2/c1-10(19-8-2-3-13(18)9-19)11-4-6-12(7-5-11)14(15,16)17/h4-7,10,13H,2-3,8-9,18H2,1H3. The number of piperidine rings is 1. The molecule has 0 aliphatic carbocycles. The van der Waals surface area contributed by atoms with Crippen molar-refractivity contribution in [1.82, 2.24) is 4.90 Å². The van der Waals surface area contributed by atoms with E-state index < -0.39 is 11.7 Å². The van der Waals surface area contributed by atoms with Crippen LogP contribution in [0.3, 0.4) is 0 Å². The maximum Gasteiger partial charge on any atom is 0.416 e. The first kappa shape index (κ1) is 14.3. The molecule has 1 aliphatic heterocycles. The van der Waals surface area contributed by atoms with Gasteiger partial charge >= 0.3 is 6.18 Å². The molecular weight excluding hydrogens is 253 g/mol. The molecule has 2 atom stereocenters. The number of hydrogen-bond donors (Lipinski definition) is 1. The van der Waals surface area contributed by atoms with Gasteiger partial charge in [-0.25, -0.2) is 0 Å². The zero-order chi connectivity index (χ0) is 14.0. The largest absolute Gasteiger partial charge is 0.416 e. The Morgan fingerprint density at radius 2 is 1.89 bits per heavy atom. The molecule has 2 rings (SSSR count). The fraction of sp³-hybridized carbons (Fsp3) is 0.571. The predicted octanol–water partition coefficient (Wildman–Crippen LogP) is 3.19. The SMILES string of the molecule is CC(c1ccc(C(F)(F)F)cc1)N1CCCC(N)C1. The molecule has 0 aromatic heterocycles. The summed E-state index contributed by atoms with van der Waals surface area (Å²) >= 11 is 0. The Hall–Kier alpha value is -1.07. The Balaban J connectivity index is 2.09. The molecule has 106 valence electrons. The van der Waals surface area contributed by atoms with Crippen LogP contribution in [-0.2, 0) is 6.18 Å². The third kappa shape index (κ3) is 3.48. The summed E-state index contributed by atoms with van der Waals surface area (Å²) in [6.45, 7) is 3.78. The average molecular weight is 272 g/mol. The number of rotatable bonds is 2. The first-order valence-corrected chi connectivity index (χ1v) is 6.54. The molecule has 0 amide bonds. The van der Waals surface area contributed by atoms with Crippen LogP contribution in [0.2, 0.25) is 0 Å². The van der Waals surface area contributed by atoms with E-state index in [1.54, 1.807) is 12.1 Å². The van der Waals surface area contributed by atoms with E-state index in [0.717, 1.165) is 43.6 Å². The van der Waals surface area contributed by atoms with Crippen molar-refractivity contribution < 1.29 is 13.2 Å². The molecule has 0 spiro atoms. The quantitative estimate of drug-likeness (QED) is 0.896. The monoisotopic (exact) mass is 272 g/mol. The second-order valence-corrected chi connectivity index (χ2v) is 5.19. The zero-order valence-electron chi connectivity index (χ0n) is 11.0. The molecule has 0 saturated carbocycles. The summed E-state index contributed by atoms with van der Waals surface area (Å²) < 4.78 is 37.5. The number of alkyl halides is 3. The number of hydrogen-bond acceptors (Lipinski definition) is 2. The highest BCUT2D eigenvalue weighted by Crippen LogP contribution is 2.31. The van der Waals surface area contributed by atoms with Crippen molar-refractivity contribution in [3.05, 3.63) is 35.4 Å². The highest BCUT2D eigenvalue weighted by Gasteiger charge is 2.30. The van der Waals surface area contributed by atoms with E-state index in [9.17, 15) is 13.2 Å². The summed E-state index contributed by atoms with van der Waals surface area (Å²) in [5.74, 6) is 0. The first-order valence-electron chi connectivity index (χ1n) is 6.54. The van der Waals surface area contributed by atoms with Crippen LogP contribution in [0, 0.1) is 0 Å². The molecule has 2 unspecified atom stereocenters. The van der Waals surface area contributed by atoms with Crippen LogP contribution in [0.4, 0.5) is 13.2 Å². The smallest absolute Gasteiger partial charge is 0.327 e. The van der Waals surface area contributed by atoms with E-state index in [1.807, 2.05) is 6.92 Å². The molecule has 1 aromatic rings. The normalized spacial score (nSPS) is 23.3. The second-order valence-electron chi connectivity index (χ2n) is 5.19. The van der Waals surface area contributed by atoms with E-state index in [-0.39, 0.29) is 12.1 Å². The van der Waals surface area contributed by atoms with Crippen molar-refractivity contribution in [2.45, 2.75) is 38.0 Å². The van der Waals surface area contributed by atoms with Crippen LogP contribution >= 0.6 is 0 Å². The minimum absolute atomic E-state index is 0.105. The molecule has 1 aliphatic rings. The van der Waals surface area contributed by atoms with Gasteiger partial charge in [-0.15, -0.1) is 0 Å². The van der Waals surface area contributed by atoms with E-state index in [2.05, 4.69) is 4.90 Å². The van der Waals surface area contributed by atoms with Gasteiger partial charge in [-0.05, 0) is 44.0 Å². The third-order valence-electron chi connectivity index (χ3n) is 3.76. The van der Waals surface area contributed by atoms with Crippen molar-refractivity contribution in [1.29, 1.82) is 0 Å². The molecule has 0 bridgehead atoms. The van der Waals surface area contributed by atoms with E-state index in [4.69, 9.17) is 5.73 Å². The lowest BCUT2D eigenvalue weighted by Gasteiger charge is -2.35. The van der Waals surface area contributed by atoms with Gasteiger partial charge in [0.15, 0.2) is 0 Å². The number of likely N-dealkylation sites (tertiary alicyclic amines) is 1. The van der Waals surface area contributed by atoms with Crippen molar-refractivity contribution in [2.75, 3.05) is 13.1 Å². The summed E-state index contributed by atoms with van der Waals surface area (Å²) in [4.78, 5) is 2.23.